The number of hydrogen-bond donors (Lipinski definition) is 4. The monoisotopic (exact) mass is 190 g/mol. The Labute approximate surface area is 66.3 Å². The van der Waals surface area contributed by atoms with E-state index >= 15 is 0 Å². The SMILES string of the molecule is CCC(S)S.O=[PH](O)O. The van der Waals surface area contributed by atoms with Crippen LogP contribution in [0.2, 0.25) is 0 Å². The molecule has 0 amide bonds. The van der Waals surface area contributed by atoms with Gasteiger partial charge in [0.25, 0.3) is 0 Å². The highest BCUT2D eigenvalue weighted by Gasteiger charge is 1.82. The normalized spacial score (nSPS) is 9.22. The van der Waals surface area contributed by atoms with Gasteiger partial charge in [-0.3, -0.25) is 4.57 Å². The lowest BCUT2D eigenvalue weighted by atomic mass is 10.6. The van der Waals surface area contributed by atoms with Crippen molar-refractivity contribution in [1.82, 2.24) is 0 Å². The van der Waals surface area contributed by atoms with Gasteiger partial charge in [0, 0.05) is 4.58 Å². The Balaban J connectivity index is 0. The molecule has 0 atom stereocenters. The molecule has 0 aliphatic rings. The Morgan fingerprint density at radius 2 is 1.67 bits per heavy atom. The molecule has 0 rings (SSSR count). The van der Waals surface area contributed by atoms with Crippen LogP contribution in [-0.2, 0) is 4.57 Å². The second-order valence-corrected chi connectivity index (χ2v) is 3.39. The van der Waals surface area contributed by atoms with Crippen molar-refractivity contribution in [3.8, 4) is 0 Å². The molecule has 0 radical (unpaired) electrons. The van der Waals surface area contributed by atoms with Gasteiger partial charge in [0.1, 0.15) is 0 Å². The van der Waals surface area contributed by atoms with Crippen LogP contribution in [0.3, 0.4) is 0 Å². The maximum Gasteiger partial charge on any atom is 0.314 e. The highest BCUT2D eigenvalue weighted by atomic mass is 32.2. The Bertz CT molecular complexity index is 73.5. The molecule has 58 valence electrons. The summed E-state index contributed by atoms with van der Waals surface area (Å²) >= 11 is 7.92. The largest absolute Gasteiger partial charge is 0.326 e. The van der Waals surface area contributed by atoms with Crippen molar-refractivity contribution >= 4 is 33.5 Å². The molecule has 0 heterocycles. The minimum Gasteiger partial charge on any atom is -0.326 e. The summed E-state index contributed by atoms with van der Waals surface area (Å²) in [5, 5.41) is 0. The van der Waals surface area contributed by atoms with E-state index in [1.165, 1.54) is 0 Å². The summed E-state index contributed by atoms with van der Waals surface area (Å²) in [4.78, 5) is 14.3. The molecule has 0 aliphatic heterocycles. The quantitative estimate of drug-likeness (QED) is 0.283. The summed E-state index contributed by atoms with van der Waals surface area (Å²) in [5.41, 5.74) is 0. The number of thiol groups is 2. The third-order valence-electron chi connectivity index (χ3n) is 0.365. The third kappa shape index (κ3) is 51.1. The molecule has 0 saturated carbocycles. The standard InChI is InChI=1S/C3H8S2.H3O3P/c1-2-3(4)5;1-4(2)3/h3-5H,2H2,1H3;4H,(H2,1,2,3). The summed E-state index contributed by atoms with van der Waals surface area (Å²) < 4.78 is 9.01. The fourth-order valence-electron chi connectivity index (χ4n) is 0. The van der Waals surface area contributed by atoms with E-state index in [4.69, 9.17) is 14.4 Å². The average molecular weight is 190 g/mol. The molecule has 0 spiro atoms. The molecule has 3 nitrogen and oxygen atoms in total. The fraction of sp³-hybridized carbons (Fsp3) is 1.00. The van der Waals surface area contributed by atoms with Crippen molar-refractivity contribution in [3.63, 3.8) is 0 Å². The zero-order valence-electron chi connectivity index (χ0n) is 4.98. The first-order valence-electron chi connectivity index (χ1n) is 2.28. The second kappa shape index (κ2) is 8.85. The lowest BCUT2D eigenvalue weighted by Gasteiger charge is -1.89. The molecule has 9 heavy (non-hydrogen) atoms. The molecule has 0 aromatic heterocycles. The van der Waals surface area contributed by atoms with Crippen molar-refractivity contribution in [2.75, 3.05) is 0 Å². The van der Waals surface area contributed by atoms with Crippen LogP contribution in [0.1, 0.15) is 13.3 Å². The zero-order chi connectivity index (χ0) is 7.86. The van der Waals surface area contributed by atoms with E-state index in [9.17, 15) is 0 Å². The third-order valence-corrected chi connectivity index (χ3v) is 1.10. The number of hydrogen-bond acceptors (Lipinski definition) is 3. The first-order valence-corrected chi connectivity index (χ1v) is 4.62. The molecule has 0 aliphatic carbocycles. The smallest absolute Gasteiger partial charge is 0.314 e. The van der Waals surface area contributed by atoms with E-state index in [0.29, 0.717) is 0 Å². The Morgan fingerprint density at radius 3 is 1.67 bits per heavy atom. The maximum atomic E-state index is 8.74. The lowest BCUT2D eigenvalue weighted by molar-refractivity contribution is 0.405. The summed E-state index contributed by atoms with van der Waals surface area (Å²) in [6.07, 6.45) is 1.03. The maximum absolute atomic E-state index is 8.74. The van der Waals surface area contributed by atoms with Crippen LogP contribution in [0.25, 0.3) is 0 Å². The van der Waals surface area contributed by atoms with Crippen molar-refractivity contribution in [2.45, 2.75) is 17.9 Å². The van der Waals surface area contributed by atoms with E-state index in [2.05, 4.69) is 25.3 Å². The average Bonchev–Trinajstić information content (AvgIpc) is 1.65. The Hall–Kier alpha value is 0.850. The minimum atomic E-state index is -3.13. The Morgan fingerprint density at radius 1 is 1.56 bits per heavy atom. The van der Waals surface area contributed by atoms with Gasteiger partial charge in [0.2, 0.25) is 0 Å². The van der Waals surface area contributed by atoms with Crippen LogP contribution in [0.5, 0.6) is 0 Å². The van der Waals surface area contributed by atoms with E-state index in [1.54, 1.807) is 0 Å². The highest BCUT2D eigenvalue weighted by Crippen LogP contribution is 2.01. The molecular formula is C3H11O3PS2. The topological polar surface area (TPSA) is 57.5 Å². The lowest BCUT2D eigenvalue weighted by Crippen LogP contribution is -1.76. The Kier molecular flexibility index (Phi) is 12.3. The highest BCUT2D eigenvalue weighted by molar-refractivity contribution is 7.99. The van der Waals surface area contributed by atoms with Gasteiger partial charge in [-0.05, 0) is 6.42 Å². The van der Waals surface area contributed by atoms with E-state index < -0.39 is 8.25 Å². The molecule has 6 heteroatoms. The van der Waals surface area contributed by atoms with Gasteiger partial charge in [-0.1, -0.05) is 6.92 Å². The van der Waals surface area contributed by atoms with Crippen molar-refractivity contribution in [1.29, 1.82) is 0 Å². The van der Waals surface area contributed by atoms with Crippen LogP contribution >= 0.6 is 33.5 Å². The van der Waals surface area contributed by atoms with E-state index in [-0.39, 0.29) is 4.58 Å². The van der Waals surface area contributed by atoms with Gasteiger partial charge in [0.15, 0.2) is 0 Å². The second-order valence-electron chi connectivity index (χ2n) is 1.17. The van der Waals surface area contributed by atoms with Crippen LogP contribution in [-0.4, -0.2) is 14.4 Å². The molecular weight excluding hydrogens is 179 g/mol. The van der Waals surface area contributed by atoms with Crippen LogP contribution in [0, 0.1) is 0 Å². The van der Waals surface area contributed by atoms with Gasteiger partial charge < -0.3 is 9.79 Å². The van der Waals surface area contributed by atoms with Gasteiger partial charge in [0.05, 0.1) is 0 Å². The summed E-state index contributed by atoms with van der Waals surface area (Å²) in [7, 11) is -3.13. The zero-order valence-corrected chi connectivity index (χ0v) is 7.77. The molecule has 2 N–H and O–H groups in total. The van der Waals surface area contributed by atoms with Crippen molar-refractivity contribution in [2.24, 2.45) is 0 Å². The van der Waals surface area contributed by atoms with Gasteiger partial charge in [-0.15, -0.1) is 0 Å². The molecule has 0 fully saturated rings. The number of rotatable bonds is 1. The van der Waals surface area contributed by atoms with Crippen LogP contribution in [0.4, 0.5) is 0 Å². The van der Waals surface area contributed by atoms with Gasteiger partial charge in [-0.25, -0.2) is 0 Å². The van der Waals surface area contributed by atoms with Crippen LogP contribution < -0.4 is 0 Å². The first-order chi connectivity index (χ1) is 4.00. The summed E-state index contributed by atoms with van der Waals surface area (Å²) in [6, 6.07) is 0. The van der Waals surface area contributed by atoms with Crippen molar-refractivity contribution < 1.29 is 14.4 Å². The molecule has 0 aromatic rings. The molecule has 0 bridgehead atoms. The predicted molar refractivity (Wildman–Crippen MR) is 45.5 cm³/mol. The fourth-order valence-corrected chi connectivity index (χ4v) is 0. The van der Waals surface area contributed by atoms with Gasteiger partial charge in [-0.2, -0.15) is 25.3 Å². The minimum absolute atomic E-state index is 0.273. The molecule has 0 unspecified atom stereocenters. The van der Waals surface area contributed by atoms with E-state index in [0.717, 1.165) is 6.42 Å². The van der Waals surface area contributed by atoms with Crippen molar-refractivity contribution in [3.05, 3.63) is 0 Å². The summed E-state index contributed by atoms with van der Waals surface area (Å²) in [6.45, 7) is 2.05. The molecule has 0 saturated heterocycles. The van der Waals surface area contributed by atoms with Crippen LogP contribution in [0.15, 0.2) is 0 Å². The first kappa shape index (κ1) is 12.5. The van der Waals surface area contributed by atoms with E-state index in [1.807, 2.05) is 6.92 Å². The predicted octanol–water partition coefficient (Wildman–Crippen LogP) is 0.943. The van der Waals surface area contributed by atoms with Gasteiger partial charge >= 0.3 is 8.25 Å². The summed E-state index contributed by atoms with van der Waals surface area (Å²) in [5.74, 6) is 0. The molecule has 0 aromatic carbocycles.